The summed E-state index contributed by atoms with van der Waals surface area (Å²) in [4.78, 5) is 0. The van der Waals surface area contributed by atoms with E-state index in [0.717, 1.165) is 24.1 Å². The van der Waals surface area contributed by atoms with Gasteiger partial charge in [-0.25, -0.2) is 13.1 Å². The van der Waals surface area contributed by atoms with Crippen LogP contribution < -0.4 is 5.73 Å². The normalized spacial score (nSPS) is 22.3. The molecule has 0 aliphatic carbocycles. The highest BCUT2D eigenvalue weighted by atomic mass is 32.2. The smallest absolute Gasteiger partial charge is 0.152 e. The molecule has 1 aromatic heterocycles. The van der Waals surface area contributed by atoms with Crippen LogP contribution in [0, 0.1) is 0 Å². The van der Waals surface area contributed by atoms with Crippen molar-refractivity contribution in [1.82, 2.24) is 9.78 Å². The summed E-state index contributed by atoms with van der Waals surface area (Å²) in [7, 11) is -2.93. The first kappa shape index (κ1) is 15.4. The highest BCUT2D eigenvalue weighted by Gasteiger charge is 2.34. The van der Waals surface area contributed by atoms with Gasteiger partial charge in [0, 0.05) is 11.0 Å². The van der Waals surface area contributed by atoms with Gasteiger partial charge in [-0.3, -0.25) is 0 Å². The van der Waals surface area contributed by atoms with E-state index in [1.54, 1.807) is 4.68 Å². The van der Waals surface area contributed by atoms with Gasteiger partial charge in [0.15, 0.2) is 9.84 Å². The predicted octanol–water partition coefficient (Wildman–Crippen LogP) is 2.07. The molecule has 1 aliphatic rings. The SMILES string of the molecule is CCc1c(C(C)(C)CC)nn(C2CCS(=O)(=O)C2)c1N. The van der Waals surface area contributed by atoms with Crippen molar-refractivity contribution in [3.8, 4) is 0 Å². The molecule has 0 bridgehead atoms. The Morgan fingerprint density at radius 3 is 2.50 bits per heavy atom. The van der Waals surface area contributed by atoms with Crippen LogP contribution in [0.5, 0.6) is 0 Å². The number of hydrogen-bond donors (Lipinski definition) is 1. The third kappa shape index (κ3) is 2.57. The lowest BCUT2D eigenvalue weighted by atomic mass is 9.84. The van der Waals surface area contributed by atoms with Gasteiger partial charge >= 0.3 is 0 Å². The maximum absolute atomic E-state index is 11.7. The minimum Gasteiger partial charge on any atom is -0.384 e. The van der Waals surface area contributed by atoms with E-state index in [-0.39, 0.29) is 23.0 Å². The molecule has 1 atom stereocenters. The van der Waals surface area contributed by atoms with E-state index in [0.29, 0.717) is 12.2 Å². The average Bonchev–Trinajstić information content (AvgIpc) is 2.89. The van der Waals surface area contributed by atoms with Crippen molar-refractivity contribution in [2.24, 2.45) is 0 Å². The zero-order valence-electron chi connectivity index (χ0n) is 12.8. The van der Waals surface area contributed by atoms with Crippen molar-refractivity contribution in [3.05, 3.63) is 11.3 Å². The van der Waals surface area contributed by atoms with Gasteiger partial charge in [-0.15, -0.1) is 0 Å². The summed E-state index contributed by atoms with van der Waals surface area (Å²) < 4.78 is 25.1. The lowest BCUT2D eigenvalue weighted by Gasteiger charge is -2.21. The first-order valence-corrected chi connectivity index (χ1v) is 9.11. The monoisotopic (exact) mass is 299 g/mol. The van der Waals surface area contributed by atoms with Crippen molar-refractivity contribution in [1.29, 1.82) is 0 Å². The molecule has 2 N–H and O–H groups in total. The molecule has 0 amide bonds. The minimum atomic E-state index is -2.93. The largest absolute Gasteiger partial charge is 0.384 e. The second-order valence-electron chi connectivity index (χ2n) is 6.30. The fourth-order valence-corrected chi connectivity index (χ4v) is 4.48. The third-order valence-electron chi connectivity index (χ3n) is 4.48. The summed E-state index contributed by atoms with van der Waals surface area (Å²) >= 11 is 0. The predicted molar refractivity (Wildman–Crippen MR) is 81.6 cm³/mol. The zero-order chi connectivity index (χ0) is 15.1. The summed E-state index contributed by atoms with van der Waals surface area (Å²) in [6.07, 6.45) is 2.41. The molecule has 0 aromatic carbocycles. The number of rotatable bonds is 4. The molecule has 1 saturated heterocycles. The van der Waals surface area contributed by atoms with Crippen molar-refractivity contribution >= 4 is 15.7 Å². The maximum atomic E-state index is 11.7. The van der Waals surface area contributed by atoms with Crippen molar-refractivity contribution in [2.45, 2.75) is 58.4 Å². The number of nitrogens with two attached hydrogens (primary N) is 1. The first-order valence-electron chi connectivity index (χ1n) is 7.29. The summed E-state index contributed by atoms with van der Waals surface area (Å²) in [5.74, 6) is 1.05. The second kappa shape index (κ2) is 5.06. The van der Waals surface area contributed by atoms with Crippen molar-refractivity contribution in [2.75, 3.05) is 17.2 Å². The van der Waals surface area contributed by atoms with Crippen LogP contribution in [0.15, 0.2) is 0 Å². The molecule has 0 spiro atoms. The first-order chi connectivity index (χ1) is 9.22. The maximum Gasteiger partial charge on any atom is 0.152 e. The highest BCUT2D eigenvalue weighted by molar-refractivity contribution is 7.91. The standard InChI is InChI=1S/C14H25N3O2S/c1-5-11-12(14(3,4)6-2)16-17(13(11)15)10-7-8-20(18,19)9-10/h10H,5-9,15H2,1-4H3. The summed E-state index contributed by atoms with van der Waals surface area (Å²) in [5, 5.41) is 4.70. The third-order valence-corrected chi connectivity index (χ3v) is 6.23. The van der Waals surface area contributed by atoms with E-state index >= 15 is 0 Å². The second-order valence-corrected chi connectivity index (χ2v) is 8.53. The van der Waals surface area contributed by atoms with Crippen LogP contribution in [0.4, 0.5) is 5.82 Å². The molecule has 1 unspecified atom stereocenters. The van der Waals surface area contributed by atoms with Crippen LogP contribution in [-0.2, 0) is 21.7 Å². The van der Waals surface area contributed by atoms with Crippen molar-refractivity contribution < 1.29 is 8.42 Å². The minimum absolute atomic E-state index is 0.0395. The van der Waals surface area contributed by atoms with E-state index in [4.69, 9.17) is 10.8 Å². The van der Waals surface area contributed by atoms with E-state index in [9.17, 15) is 8.42 Å². The fourth-order valence-electron chi connectivity index (χ4n) is 2.79. The topological polar surface area (TPSA) is 78.0 Å². The van der Waals surface area contributed by atoms with Gasteiger partial charge in [0.25, 0.3) is 0 Å². The quantitative estimate of drug-likeness (QED) is 0.923. The Morgan fingerprint density at radius 2 is 2.05 bits per heavy atom. The Balaban J connectivity index is 2.47. The van der Waals surface area contributed by atoms with Gasteiger partial charge in [-0.1, -0.05) is 27.7 Å². The molecule has 0 saturated carbocycles. The summed E-state index contributed by atoms with van der Waals surface area (Å²) in [6.45, 7) is 8.51. The molecule has 0 radical (unpaired) electrons. The van der Waals surface area contributed by atoms with E-state index in [2.05, 4.69) is 27.7 Å². The van der Waals surface area contributed by atoms with Crippen LogP contribution in [0.2, 0.25) is 0 Å². The number of sulfone groups is 1. The van der Waals surface area contributed by atoms with Gasteiger partial charge in [-0.05, 0) is 19.3 Å². The molecular weight excluding hydrogens is 274 g/mol. The molecule has 5 nitrogen and oxygen atoms in total. The summed E-state index contributed by atoms with van der Waals surface area (Å²) in [5.41, 5.74) is 8.29. The number of anilines is 1. The molecule has 1 fully saturated rings. The van der Waals surface area contributed by atoms with Crippen LogP contribution in [-0.4, -0.2) is 29.7 Å². The van der Waals surface area contributed by atoms with Gasteiger partial charge in [0.1, 0.15) is 5.82 Å². The van der Waals surface area contributed by atoms with Gasteiger partial charge in [0.2, 0.25) is 0 Å². The van der Waals surface area contributed by atoms with Gasteiger partial charge < -0.3 is 5.73 Å². The Hall–Kier alpha value is -1.04. The Bertz CT molecular complexity index is 602. The lowest BCUT2D eigenvalue weighted by molar-refractivity contribution is 0.451. The van der Waals surface area contributed by atoms with Crippen molar-refractivity contribution in [3.63, 3.8) is 0 Å². The molecule has 1 aliphatic heterocycles. The molecule has 114 valence electrons. The summed E-state index contributed by atoms with van der Waals surface area (Å²) in [6, 6.07) is -0.105. The molecule has 2 rings (SSSR count). The highest BCUT2D eigenvalue weighted by Crippen LogP contribution is 2.35. The Labute approximate surface area is 121 Å². The molecular formula is C14H25N3O2S. The lowest BCUT2D eigenvalue weighted by Crippen LogP contribution is -2.19. The zero-order valence-corrected chi connectivity index (χ0v) is 13.6. The molecule has 1 aromatic rings. The van der Waals surface area contributed by atoms with Crippen LogP contribution in [0.1, 0.15) is 57.8 Å². The number of nitrogen functional groups attached to an aromatic ring is 1. The van der Waals surface area contributed by atoms with Crippen LogP contribution >= 0.6 is 0 Å². The number of nitrogens with zero attached hydrogens (tertiary/aromatic N) is 2. The number of aromatic nitrogens is 2. The van der Waals surface area contributed by atoms with E-state index in [1.807, 2.05) is 0 Å². The van der Waals surface area contributed by atoms with E-state index < -0.39 is 9.84 Å². The Morgan fingerprint density at radius 1 is 1.40 bits per heavy atom. The van der Waals surface area contributed by atoms with Crippen LogP contribution in [0.3, 0.4) is 0 Å². The van der Waals surface area contributed by atoms with E-state index in [1.165, 1.54) is 0 Å². The molecule has 2 heterocycles. The molecule has 20 heavy (non-hydrogen) atoms. The van der Waals surface area contributed by atoms with Gasteiger partial charge in [0.05, 0.1) is 23.2 Å². The van der Waals surface area contributed by atoms with Crippen LogP contribution in [0.25, 0.3) is 0 Å². The van der Waals surface area contributed by atoms with Gasteiger partial charge in [-0.2, -0.15) is 5.10 Å². The Kier molecular flexibility index (Phi) is 3.88. The molecule has 6 heteroatoms. The number of hydrogen-bond acceptors (Lipinski definition) is 4. The fraction of sp³-hybridized carbons (Fsp3) is 0.786. The average molecular weight is 299 g/mol.